The average Bonchev–Trinajstić information content (AvgIpc) is 2.62. The Morgan fingerprint density at radius 1 is 1.00 bits per heavy atom. The van der Waals surface area contributed by atoms with Crippen LogP contribution in [-0.4, -0.2) is 59.2 Å². The summed E-state index contributed by atoms with van der Waals surface area (Å²) in [5.41, 5.74) is 1.79. The van der Waals surface area contributed by atoms with Crippen LogP contribution in [0.15, 0.2) is 29.4 Å². The van der Waals surface area contributed by atoms with Crippen molar-refractivity contribution in [2.24, 2.45) is 5.16 Å². The van der Waals surface area contributed by atoms with Crippen LogP contribution < -0.4 is 14.2 Å². The molecule has 0 fully saturated rings. The lowest BCUT2D eigenvalue weighted by molar-refractivity contribution is 0.126. The Morgan fingerprint density at radius 3 is 2.32 bits per heavy atom. The van der Waals surface area contributed by atoms with E-state index in [1.807, 2.05) is 50.2 Å². The second kappa shape index (κ2) is 8.58. The van der Waals surface area contributed by atoms with E-state index in [0.29, 0.717) is 23.9 Å². The third-order valence-corrected chi connectivity index (χ3v) is 3.89. The number of hydrogen-bond donors (Lipinski definition) is 0. The fourth-order valence-corrected chi connectivity index (χ4v) is 2.52. The van der Waals surface area contributed by atoms with Crippen molar-refractivity contribution in [2.45, 2.75) is 6.92 Å². The van der Waals surface area contributed by atoms with Gasteiger partial charge in [-0.3, -0.25) is 0 Å². The van der Waals surface area contributed by atoms with Crippen LogP contribution in [0.1, 0.15) is 12.5 Å². The molecule has 0 saturated heterocycles. The molecule has 0 aliphatic carbocycles. The summed E-state index contributed by atoms with van der Waals surface area (Å²) in [4.78, 5) is 7.42. The molecular formula is C19H26N2O4. The minimum atomic E-state index is 0.552. The van der Waals surface area contributed by atoms with Crippen LogP contribution in [0, 0.1) is 0 Å². The fourth-order valence-electron chi connectivity index (χ4n) is 2.52. The number of benzene rings is 2. The highest BCUT2D eigenvalue weighted by Crippen LogP contribution is 2.43. The minimum absolute atomic E-state index is 0.552. The van der Waals surface area contributed by atoms with Crippen LogP contribution in [0.2, 0.25) is 0 Å². The Labute approximate surface area is 148 Å². The van der Waals surface area contributed by atoms with E-state index in [1.165, 1.54) is 0 Å². The van der Waals surface area contributed by atoms with Gasteiger partial charge in [0, 0.05) is 11.9 Å². The first kappa shape index (κ1) is 18.9. The average molecular weight is 346 g/mol. The number of fused-ring (bicyclic) bond motifs is 1. The third kappa shape index (κ3) is 4.33. The number of ether oxygens (including phenoxy) is 3. The van der Waals surface area contributed by atoms with Gasteiger partial charge in [0.2, 0.25) is 5.75 Å². The monoisotopic (exact) mass is 346 g/mol. The molecular weight excluding hydrogens is 320 g/mol. The maximum absolute atomic E-state index is 5.53. The van der Waals surface area contributed by atoms with Crippen LogP contribution in [0.25, 0.3) is 10.8 Å². The van der Waals surface area contributed by atoms with Crippen molar-refractivity contribution in [1.29, 1.82) is 0 Å². The standard InChI is InChI=1S/C19H26N2O4/c1-13(20-25-10-9-21(2)3)14-7-8-16-15(11-14)12-17(22-4)19(24-6)18(16)23-5/h7-8,11-12H,9-10H2,1-6H3/b20-13+. The van der Waals surface area contributed by atoms with Crippen molar-refractivity contribution < 1.29 is 19.0 Å². The summed E-state index contributed by atoms with van der Waals surface area (Å²) in [5.74, 6) is 1.86. The van der Waals surface area contributed by atoms with Crippen LogP contribution in [0.5, 0.6) is 17.2 Å². The maximum atomic E-state index is 5.53. The molecule has 0 amide bonds. The lowest BCUT2D eigenvalue weighted by Gasteiger charge is -2.15. The van der Waals surface area contributed by atoms with E-state index >= 15 is 0 Å². The molecule has 136 valence electrons. The van der Waals surface area contributed by atoms with Gasteiger partial charge >= 0.3 is 0 Å². The maximum Gasteiger partial charge on any atom is 0.203 e. The molecule has 2 rings (SSSR count). The molecule has 0 radical (unpaired) electrons. The first-order valence-electron chi connectivity index (χ1n) is 8.06. The highest BCUT2D eigenvalue weighted by molar-refractivity contribution is 6.03. The first-order chi connectivity index (χ1) is 12.0. The number of nitrogens with zero attached hydrogens (tertiary/aromatic N) is 2. The summed E-state index contributed by atoms with van der Waals surface area (Å²) in [6.45, 7) is 3.30. The van der Waals surface area contributed by atoms with E-state index in [0.717, 1.165) is 28.6 Å². The van der Waals surface area contributed by atoms with Gasteiger partial charge in [0.15, 0.2) is 11.5 Å². The molecule has 0 bridgehead atoms. The Kier molecular flexibility index (Phi) is 6.47. The summed E-state index contributed by atoms with van der Waals surface area (Å²) < 4.78 is 16.4. The predicted molar refractivity (Wildman–Crippen MR) is 100 cm³/mol. The van der Waals surface area contributed by atoms with Gasteiger partial charge in [-0.25, -0.2) is 0 Å². The molecule has 0 spiro atoms. The molecule has 6 nitrogen and oxygen atoms in total. The molecule has 2 aromatic rings. The Balaban J connectivity index is 2.37. The number of rotatable bonds is 8. The Hall–Kier alpha value is -2.47. The molecule has 25 heavy (non-hydrogen) atoms. The molecule has 0 heterocycles. The molecule has 6 heteroatoms. The smallest absolute Gasteiger partial charge is 0.203 e. The second-order valence-electron chi connectivity index (χ2n) is 5.89. The highest BCUT2D eigenvalue weighted by Gasteiger charge is 2.16. The van der Waals surface area contributed by atoms with E-state index in [4.69, 9.17) is 19.0 Å². The van der Waals surface area contributed by atoms with Gasteiger partial charge in [-0.1, -0.05) is 11.2 Å². The van der Waals surface area contributed by atoms with E-state index in [1.54, 1.807) is 21.3 Å². The quantitative estimate of drug-likeness (QED) is 0.417. The zero-order valence-electron chi connectivity index (χ0n) is 15.8. The highest BCUT2D eigenvalue weighted by atomic mass is 16.6. The summed E-state index contributed by atoms with van der Waals surface area (Å²) >= 11 is 0. The van der Waals surface area contributed by atoms with Gasteiger partial charge in [-0.2, -0.15) is 0 Å². The topological polar surface area (TPSA) is 52.5 Å². The van der Waals surface area contributed by atoms with Crippen molar-refractivity contribution in [3.8, 4) is 17.2 Å². The van der Waals surface area contributed by atoms with Gasteiger partial charge < -0.3 is 23.9 Å². The van der Waals surface area contributed by atoms with Crippen LogP contribution in [-0.2, 0) is 4.84 Å². The number of likely N-dealkylation sites (N-methyl/N-ethyl adjacent to an activating group) is 1. The summed E-state index contributed by atoms with van der Waals surface area (Å²) in [6, 6.07) is 7.95. The third-order valence-electron chi connectivity index (χ3n) is 3.89. The molecule has 0 saturated carbocycles. The summed E-state index contributed by atoms with van der Waals surface area (Å²) in [7, 11) is 8.83. The first-order valence-corrected chi connectivity index (χ1v) is 8.06. The minimum Gasteiger partial charge on any atom is -0.493 e. The SMILES string of the molecule is COc1cc2cc(/C(C)=N/OCCN(C)C)ccc2c(OC)c1OC. The van der Waals surface area contributed by atoms with Gasteiger partial charge in [-0.05, 0) is 50.2 Å². The van der Waals surface area contributed by atoms with E-state index < -0.39 is 0 Å². The summed E-state index contributed by atoms with van der Waals surface area (Å²) in [5, 5.41) is 6.13. The second-order valence-corrected chi connectivity index (χ2v) is 5.89. The molecule has 0 aliphatic heterocycles. The van der Waals surface area contributed by atoms with Crippen molar-refractivity contribution in [3.63, 3.8) is 0 Å². The van der Waals surface area contributed by atoms with Gasteiger partial charge in [0.05, 0.1) is 27.0 Å². The fraction of sp³-hybridized carbons (Fsp3) is 0.421. The zero-order valence-corrected chi connectivity index (χ0v) is 15.8. The molecule has 0 aromatic heterocycles. The molecule has 0 aliphatic rings. The molecule has 2 aromatic carbocycles. The van der Waals surface area contributed by atoms with Gasteiger partial charge in [0.25, 0.3) is 0 Å². The van der Waals surface area contributed by atoms with Gasteiger partial charge in [0.1, 0.15) is 6.61 Å². The van der Waals surface area contributed by atoms with Crippen molar-refractivity contribution in [1.82, 2.24) is 4.90 Å². The lowest BCUT2D eigenvalue weighted by Crippen LogP contribution is -2.17. The molecule has 0 atom stereocenters. The van der Waals surface area contributed by atoms with Crippen LogP contribution in [0.4, 0.5) is 0 Å². The Bertz CT molecular complexity index is 757. The van der Waals surface area contributed by atoms with E-state index in [2.05, 4.69) is 5.16 Å². The van der Waals surface area contributed by atoms with Crippen molar-refractivity contribution >= 4 is 16.5 Å². The lowest BCUT2D eigenvalue weighted by atomic mass is 10.0. The summed E-state index contributed by atoms with van der Waals surface area (Å²) in [6.07, 6.45) is 0. The van der Waals surface area contributed by atoms with Crippen molar-refractivity contribution in [3.05, 3.63) is 29.8 Å². The zero-order chi connectivity index (χ0) is 18.4. The number of hydrogen-bond acceptors (Lipinski definition) is 6. The Morgan fingerprint density at radius 2 is 1.72 bits per heavy atom. The predicted octanol–water partition coefficient (Wildman–Crippen LogP) is 3.17. The van der Waals surface area contributed by atoms with Crippen LogP contribution >= 0.6 is 0 Å². The normalized spacial score (nSPS) is 11.7. The molecule has 0 unspecified atom stereocenters. The molecule has 0 N–H and O–H groups in total. The van der Waals surface area contributed by atoms with E-state index in [9.17, 15) is 0 Å². The van der Waals surface area contributed by atoms with Crippen LogP contribution in [0.3, 0.4) is 0 Å². The van der Waals surface area contributed by atoms with E-state index in [-0.39, 0.29) is 0 Å². The van der Waals surface area contributed by atoms with Gasteiger partial charge in [-0.15, -0.1) is 0 Å². The van der Waals surface area contributed by atoms with Crippen molar-refractivity contribution in [2.75, 3.05) is 48.6 Å². The number of oxime groups is 1. The number of methoxy groups -OCH3 is 3. The largest absolute Gasteiger partial charge is 0.493 e.